The summed E-state index contributed by atoms with van der Waals surface area (Å²) in [7, 11) is 0. The van der Waals surface area contributed by atoms with Crippen LogP contribution in [-0.4, -0.2) is 6.54 Å². The fourth-order valence-corrected chi connectivity index (χ4v) is 8.67. The van der Waals surface area contributed by atoms with Gasteiger partial charge in [-0.15, -0.1) is 0 Å². The molecule has 0 atom stereocenters. The van der Waals surface area contributed by atoms with E-state index in [4.69, 9.17) is 0 Å². The lowest BCUT2D eigenvalue weighted by molar-refractivity contribution is 0.914. The Kier molecular flexibility index (Phi) is 11.7. The zero-order valence-corrected chi connectivity index (χ0v) is 35.7. The number of anilines is 5. The van der Waals surface area contributed by atoms with Crippen molar-refractivity contribution >= 4 is 28.4 Å². The van der Waals surface area contributed by atoms with Crippen LogP contribution in [0.4, 0.5) is 28.4 Å². The molecule has 0 fully saturated rings. The summed E-state index contributed by atoms with van der Waals surface area (Å²) in [5.41, 5.74) is 19.1. The summed E-state index contributed by atoms with van der Waals surface area (Å²) in [5.74, 6) is 0. The zero-order valence-electron chi connectivity index (χ0n) is 35.7. The summed E-state index contributed by atoms with van der Waals surface area (Å²) < 4.78 is 0. The molecule has 0 saturated carbocycles. The topological polar surface area (TPSA) is 6.48 Å². The maximum atomic E-state index is 2.43. The maximum absolute atomic E-state index is 2.43. The number of para-hydroxylation sites is 2. The van der Waals surface area contributed by atoms with Crippen molar-refractivity contribution in [2.75, 3.05) is 16.3 Å². The molecule has 0 saturated heterocycles. The van der Waals surface area contributed by atoms with Crippen molar-refractivity contribution in [2.24, 2.45) is 0 Å². The summed E-state index contributed by atoms with van der Waals surface area (Å²) in [6.45, 7) is 0.865. The molecule has 0 aliphatic rings. The Morgan fingerprint density at radius 2 is 0.547 bits per heavy atom. The second-order valence-electron chi connectivity index (χ2n) is 16.1. The van der Waals surface area contributed by atoms with Crippen molar-refractivity contribution in [3.63, 3.8) is 0 Å². The molecule has 0 radical (unpaired) electrons. The van der Waals surface area contributed by atoms with Crippen LogP contribution in [0.1, 0.15) is 5.56 Å². The normalized spacial score (nSPS) is 10.9. The van der Waals surface area contributed by atoms with Gasteiger partial charge in [0.1, 0.15) is 0 Å². The van der Waals surface area contributed by atoms with Crippen LogP contribution < -0.4 is 9.80 Å². The van der Waals surface area contributed by atoms with Crippen LogP contribution in [-0.2, 0) is 6.42 Å². The van der Waals surface area contributed by atoms with E-state index >= 15 is 0 Å². The van der Waals surface area contributed by atoms with Crippen LogP contribution in [0.5, 0.6) is 0 Å². The monoisotopic (exact) mass is 820 g/mol. The zero-order chi connectivity index (χ0) is 42.9. The van der Waals surface area contributed by atoms with Gasteiger partial charge >= 0.3 is 0 Å². The molecule has 0 amide bonds. The fourth-order valence-electron chi connectivity index (χ4n) is 8.67. The Morgan fingerprint density at radius 3 is 1.08 bits per heavy atom. The first kappa shape index (κ1) is 39.9. The highest BCUT2D eigenvalue weighted by atomic mass is 15.1. The van der Waals surface area contributed by atoms with Gasteiger partial charge in [-0.2, -0.15) is 0 Å². The molecule has 0 heterocycles. The van der Waals surface area contributed by atoms with Crippen molar-refractivity contribution in [3.8, 4) is 55.6 Å². The molecule has 2 nitrogen and oxygen atoms in total. The van der Waals surface area contributed by atoms with Gasteiger partial charge in [-0.25, -0.2) is 0 Å². The second-order valence-corrected chi connectivity index (χ2v) is 16.1. The lowest BCUT2D eigenvalue weighted by Gasteiger charge is -2.26. The van der Waals surface area contributed by atoms with Crippen LogP contribution in [0.25, 0.3) is 55.6 Å². The van der Waals surface area contributed by atoms with Gasteiger partial charge in [0, 0.05) is 35.0 Å². The Bertz CT molecular complexity index is 3070. The first-order valence-electron chi connectivity index (χ1n) is 22.1. The van der Waals surface area contributed by atoms with Gasteiger partial charge in [0.25, 0.3) is 0 Å². The molecule has 306 valence electrons. The second kappa shape index (κ2) is 18.8. The van der Waals surface area contributed by atoms with Crippen molar-refractivity contribution in [3.05, 3.63) is 272 Å². The Hall–Kier alpha value is -8.20. The minimum atomic E-state index is 0.865. The minimum absolute atomic E-state index is 0.865. The SMILES string of the molecule is c1ccc(-c2cccc(CCN(c3ccccc3)c3ccc(-c4cccc(-c5cccc(-c6ccc(N(c7ccccc7)c7cccc(-c8ccccc8)c7)cc6)c5)c4)cc3)c2)cc1. The van der Waals surface area contributed by atoms with E-state index in [0.29, 0.717) is 0 Å². The largest absolute Gasteiger partial charge is 0.341 e. The summed E-state index contributed by atoms with van der Waals surface area (Å²) >= 11 is 0. The molecule has 0 unspecified atom stereocenters. The molecule has 0 bridgehead atoms. The fraction of sp³-hybridized carbons (Fsp3) is 0.0323. The van der Waals surface area contributed by atoms with E-state index in [1.807, 2.05) is 0 Å². The predicted octanol–water partition coefficient (Wildman–Crippen LogP) is 16.9. The highest BCUT2D eigenvalue weighted by Gasteiger charge is 2.15. The van der Waals surface area contributed by atoms with Crippen LogP contribution in [0.3, 0.4) is 0 Å². The van der Waals surface area contributed by atoms with Gasteiger partial charge in [0.05, 0.1) is 0 Å². The van der Waals surface area contributed by atoms with E-state index in [1.54, 1.807) is 0 Å². The summed E-state index contributed by atoms with van der Waals surface area (Å²) in [6, 6.07) is 96.1. The van der Waals surface area contributed by atoms with Gasteiger partial charge in [-0.1, -0.05) is 194 Å². The molecule has 64 heavy (non-hydrogen) atoms. The third kappa shape index (κ3) is 9.04. The summed E-state index contributed by atoms with van der Waals surface area (Å²) in [4.78, 5) is 4.76. The third-order valence-corrected chi connectivity index (χ3v) is 12.0. The molecule has 0 aliphatic carbocycles. The van der Waals surface area contributed by atoms with E-state index in [0.717, 1.165) is 30.0 Å². The quantitative estimate of drug-likeness (QED) is 0.114. The van der Waals surface area contributed by atoms with Crippen molar-refractivity contribution < 1.29 is 0 Å². The molecule has 10 rings (SSSR count). The van der Waals surface area contributed by atoms with Crippen molar-refractivity contribution in [1.82, 2.24) is 0 Å². The van der Waals surface area contributed by atoms with Crippen LogP contribution >= 0.6 is 0 Å². The maximum Gasteiger partial charge on any atom is 0.0467 e. The molecule has 0 N–H and O–H groups in total. The lowest BCUT2D eigenvalue weighted by Crippen LogP contribution is -2.20. The van der Waals surface area contributed by atoms with E-state index in [2.05, 4.69) is 277 Å². The Balaban J connectivity index is 0.880. The van der Waals surface area contributed by atoms with E-state index in [9.17, 15) is 0 Å². The number of hydrogen-bond donors (Lipinski definition) is 0. The molecule has 0 aromatic heterocycles. The van der Waals surface area contributed by atoms with Gasteiger partial charge in [0.2, 0.25) is 0 Å². The minimum Gasteiger partial charge on any atom is -0.341 e. The van der Waals surface area contributed by atoms with Gasteiger partial charge in [0.15, 0.2) is 0 Å². The number of benzene rings is 10. The summed E-state index contributed by atoms with van der Waals surface area (Å²) in [6.07, 6.45) is 0.929. The van der Waals surface area contributed by atoms with Crippen molar-refractivity contribution in [2.45, 2.75) is 6.42 Å². The first-order valence-corrected chi connectivity index (χ1v) is 22.1. The average Bonchev–Trinajstić information content (AvgIpc) is 3.38. The van der Waals surface area contributed by atoms with E-state index in [-0.39, 0.29) is 0 Å². The Morgan fingerprint density at radius 1 is 0.219 bits per heavy atom. The number of rotatable bonds is 13. The van der Waals surface area contributed by atoms with Crippen molar-refractivity contribution in [1.29, 1.82) is 0 Å². The molecule has 0 aliphatic heterocycles. The van der Waals surface area contributed by atoms with E-state index in [1.165, 1.54) is 72.6 Å². The first-order chi connectivity index (χ1) is 31.7. The van der Waals surface area contributed by atoms with Crippen LogP contribution in [0.15, 0.2) is 267 Å². The molecule has 0 spiro atoms. The molecule has 10 aromatic carbocycles. The Labute approximate surface area is 377 Å². The molecule has 2 heteroatoms. The smallest absolute Gasteiger partial charge is 0.0467 e. The number of hydrogen-bond acceptors (Lipinski definition) is 2. The average molecular weight is 821 g/mol. The summed E-state index contributed by atoms with van der Waals surface area (Å²) in [5, 5.41) is 0. The van der Waals surface area contributed by atoms with Gasteiger partial charge in [-0.3, -0.25) is 0 Å². The van der Waals surface area contributed by atoms with Crippen LogP contribution in [0, 0.1) is 0 Å². The predicted molar refractivity (Wildman–Crippen MR) is 272 cm³/mol. The highest BCUT2D eigenvalue weighted by Crippen LogP contribution is 2.38. The third-order valence-electron chi connectivity index (χ3n) is 12.0. The van der Waals surface area contributed by atoms with Crippen LogP contribution in [0.2, 0.25) is 0 Å². The van der Waals surface area contributed by atoms with Gasteiger partial charge in [-0.05, 0) is 140 Å². The number of nitrogens with zero attached hydrogens (tertiary/aromatic N) is 2. The van der Waals surface area contributed by atoms with Gasteiger partial charge < -0.3 is 9.80 Å². The lowest BCUT2D eigenvalue weighted by atomic mass is 9.96. The highest BCUT2D eigenvalue weighted by molar-refractivity contribution is 5.82. The molecular weight excluding hydrogens is 773 g/mol. The van der Waals surface area contributed by atoms with E-state index < -0.39 is 0 Å². The molecule has 10 aromatic rings. The molecular formula is C62H48N2. The standard InChI is InChI=1S/C62H48N2/c1-5-18-48(19-6-1)52-22-13-17-47(43-52)41-42-63(58-28-9-3-10-29-58)59-37-33-50(34-38-59)53-23-14-25-55(44-53)56-26-15-24-54(45-56)51-35-39-61(40-36-51)64(60-30-11-4-12-31-60)62-32-16-27-57(46-62)49-20-7-2-8-21-49/h1-40,43-46H,41-42H2.